The van der Waals surface area contributed by atoms with Crippen molar-refractivity contribution in [3.05, 3.63) is 54.1 Å². The zero-order valence-corrected chi connectivity index (χ0v) is 10.8. The van der Waals surface area contributed by atoms with E-state index in [0.29, 0.717) is 17.1 Å². The molecular formula is C13H8FNO4S. The molecule has 2 aromatic rings. The Kier molecular flexibility index (Phi) is 3.86. The SMILES string of the molecule is N#Cc1ccc(Oc2ccc(OS(=O)(=O)F)cc2)cc1. The summed E-state index contributed by atoms with van der Waals surface area (Å²) in [6.45, 7) is 0. The highest BCUT2D eigenvalue weighted by atomic mass is 32.3. The summed E-state index contributed by atoms with van der Waals surface area (Å²) in [5, 5.41) is 8.66. The van der Waals surface area contributed by atoms with Gasteiger partial charge in [0.2, 0.25) is 0 Å². The van der Waals surface area contributed by atoms with E-state index in [1.54, 1.807) is 24.3 Å². The monoisotopic (exact) mass is 293 g/mol. The fraction of sp³-hybridized carbons (Fsp3) is 0. The van der Waals surface area contributed by atoms with E-state index in [4.69, 9.17) is 10.00 Å². The summed E-state index contributed by atoms with van der Waals surface area (Å²) >= 11 is 0. The second-order valence-electron chi connectivity index (χ2n) is 3.69. The number of rotatable bonds is 4. The fourth-order valence-electron chi connectivity index (χ4n) is 1.41. The second kappa shape index (κ2) is 5.59. The van der Waals surface area contributed by atoms with E-state index < -0.39 is 10.5 Å². The smallest absolute Gasteiger partial charge is 0.457 e. The Morgan fingerprint density at radius 3 is 1.80 bits per heavy atom. The van der Waals surface area contributed by atoms with Crippen LogP contribution in [-0.4, -0.2) is 8.42 Å². The van der Waals surface area contributed by atoms with E-state index in [0.717, 1.165) is 0 Å². The molecule has 0 aromatic heterocycles. The average Bonchev–Trinajstić information content (AvgIpc) is 2.40. The molecular weight excluding hydrogens is 285 g/mol. The third-order valence-corrected chi connectivity index (χ3v) is 2.63. The zero-order valence-electron chi connectivity index (χ0n) is 9.99. The van der Waals surface area contributed by atoms with Gasteiger partial charge in [0.05, 0.1) is 11.6 Å². The van der Waals surface area contributed by atoms with Gasteiger partial charge in [0.1, 0.15) is 17.2 Å². The van der Waals surface area contributed by atoms with Gasteiger partial charge in [0.25, 0.3) is 0 Å². The molecule has 0 N–H and O–H groups in total. The fourth-order valence-corrected chi connectivity index (χ4v) is 1.75. The van der Waals surface area contributed by atoms with Crippen molar-refractivity contribution in [2.24, 2.45) is 0 Å². The topological polar surface area (TPSA) is 76.4 Å². The van der Waals surface area contributed by atoms with Crippen LogP contribution in [0.3, 0.4) is 0 Å². The first-order chi connectivity index (χ1) is 9.46. The Bertz CT molecular complexity index is 733. The molecule has 0 heterocycles. The molecule has 0 amide bonds. The largest absolute Gasteiger partial charge is 0.488 e. The minimum absolute atomic E-state index is 0.153. The average molecular weight is 293 g/mol. The molecule has 0 radical (unpaired) electrons. The number of nitriles is 1. The summed E-state index contributed by atoms with van der Waals surface area (Å²) in [4.78, 5) is 0. The molecule has 7 heteroatoms. The van der Waals surface area contributed by atoms with E-state index in [1.807, 2.05) is 6.07 Å². The highest BCUT2D eigenvalue weighted by Gasteiger charge is 2.09. The second-order valence-corrected chi connectivity index (χ2v) is 4.64. The van der Waals surface area contributed by atoms with Crippen LogP contribution in [0.15, 0.2) is 48.5 Å². The van der Waals surface area contributed by atoms with Crippen molar-refractivity contribution >= 4 is 10.5 Å². The number of ether oxygens (including phenoxy) is 1. The molecule has 0 atom stereocenters. The van der Waals surface area contributed by atoms with Gasteiger partial charge in [-0.15, -0.1) is 0 Å². The zero-order chi connectivity index (χ0) is 14.6. The van der Waals surface area contributed by atoms with Crippen LogP contribution in [0.2, 0.25) is 0 Å². The van der Waals surface area contributed by atoms with Crippen LogP contribution in [0, 0.1) is 11.3 Å². The molecule has 0 saturated heterocycles. The Morgan fingerprint density at radius 1 is 0.900 bits per heavy atom. The first kappa shape index (κ1) is 13.8. The van der Waals surface area contributed by atoms with Crippen molar-refractivity contribution in [3.63, 3.8) is 0 Å². The lowest BCUT2D eigenvalue weighted by Gasteiger charge is -2.06. The van der Waals surface area contributed by atoms with Crippen molar-refractivity contribution in [1.82, 2.24) is 0 Å². The standard InChI is InChI=1S/C13H8FNO4S/c14-20(16,17)19-13-7-5-12(6-8-13)18-11-3-1-10(9-15)2-4-11/h1-8H. The number of hydrogen-bond acceptors (Lipinski definition) is 5. The van der Waals surface area contributed by atoms with Gasteiger partial charge in [-0.3, -0.25) is 0 Å². The van der Waals surface area contributed by atoms with Crippen LogP contribution in [-0.2, 0) is 10.5 Å². The molecule has 0 spiro atoms. The minimum atomic E-state index is -5.03. The lowest BCUT2D eigenvalue weighted by Crippen LogP contribution is -2.00. The molecule has 0 unspecified atom stereocenters. The molecule has 2 rings (SSSR count). The summed E-state index contributed by atoms with van der Waals surface area (Å²) in [7, 11) is -5.03. The van der Waals surface area contributed by atoms with Crippen LogP contribution >= 0.6 is 0 Å². The maximum absolute atomic E-state index is 12.3. The Hall–Kier alpha value is -2.59. The van der Waals surface area contributed by atoms with Gasteiger partial charge in [0.15, 0.2) is 0 Å². The summed E-state index contributed by atoms with van der Waals surface area (Å²) < 4.78 is 42.4. The van der Waals surface area contributed by atoms with Gasteiger partial charge < -0.3 is 8.92 Å². The van der Waals surface area contributed by atoms with E-state index in [9.17, 15) is 12.3 Å². The summed E-state index contributed by atoms with van der Waals surface area (Å²) in [6, 6.07) is 13.8. The molecule has 5 nitrogen and oxygen atoms in total. The van der Waals surface area contributed by atoms with Crippen molar-refractivity contribution in [2.45, 2.75) is 0 Å². The number of benzene rings is 2. The third-order valence-electron chi connectivity index (χ3n) is 2.24. The van der Waals surface area contributed by atoms with Gasteiger partial charge in [-0.05, 0) is 48.5 Å². The predicted molar refractivity (Wildman–Crippen MR) is 68.3 cm³/mol. The number of nitrogens with zero attached hydrogens (tertiary/aromatic N) is 1. The molecule has 0 aliphatic carbocycles. The molecule has 0 fully saturated rings. The van der Waals surface area contributed by atoms with Crippen molar-refractivity contribution in [3.8, 4) is 23.3 Å². The maximum atomic E-state index is 12.3. The van der Waals surface area contributed by atoms with E-state index in [2.05, 4.69) is 4.18 Å². The molecule has 0 aliphatic heterocycles. The van der Waals surface area contributed by atoms with E-state index in [-0.39, 0.29) is 5.75 Å². The highest BCUT2D eigenvalue weighted by molar-refractivity contribution is 7.81. The third kappa shape index (κ3) is 3.96. The predicted octanol–water partition coefficient (Wildman–Crippen LogP) is 2.94. The number of hydrogen-bond donors (Lipinski definition) is 0. The van der Waals surface area contributed by atoms with Gasteiger partial charge in [-0.25, -0.2) is 0 Å². The van der Waals surface area contributed by atoms with Gasteiger partial charge in [-0.1, -0.05) is 3.89 Å². The van der Waals surface area contributed by atoms with Crippen LogP contribution in [0.5, 0.6) is 17.2 Å². The first-order valence-electron chi connectivity index (χ1n) is 5.38. The lowest BCUT2D eigenvalue weighted by molar-refractivity contribution is 0.438. The first-order valence-corrected chi connectivity index (χ1v) is 6.69. The number of halogens is 1. The summed E-state index contributed by atoms with van der Waals surface area (Å²) in [6.07, 6.45) is 0. The van der Waals surface area contributed by atoms with Crippen molar-refractivity contribution < 1.29 is 21.2 Å². The Labute approximate surface area is 115 Å². The van der Waals surface area contributed by atoms with E-state index in [1.165, 1.54) is 24.3 Å². The van der Waals surface area contributed by atoms with Crippen LogP contribution in [0.1, 0.15) is 5.56 Å². The normalized spacial score (nSPS) is 10.6. The lowest BCUT2D eigenvalue weighted by atomic mass is 10.2. The molecule has 20 heavy (non-hydrogen) atoms. The quantitative estimate of drug-likeness (QED) is 0.810. The van der Waals surface area contributed by atoms with Gasteiger partial charge in [-0.2, -0.15) is 13.7 Å². The van der Waals surface area contributed by atoms with E-state index >= 15 is 0 Å². The Morgan fingerprint density at radius 2 is 1.35 bits per heavy atom. The molecule has 0 aliphatic rings. The van der Waals surface area contributed by atoms with Gasteiger partial charge >= 0.3 is 10.5 Å². The van der Waals surface area contributed by atoms with Crippen LogP contribution < -0.4 is 8.92 Å². The van der Waals surface area contributed by atoms with Crippen molar-refractivity contribution in [2.75, 3.05) is 0 Å². The van der Waals surface area contributed by atoms with Crippen molar-refractivity contribution in [1.29, 1.82) is 5.26 Å². The minimum Gasteiger partial charge on any atom is -0.457 e. The molecule has 2 aromatic carbocycles. The molecule has 0 saturated carbocycles. The molecule has 102 valence electrons. The highest BCUT2D eigenvalue weighted by Crippen LogP contribution is 2.24. The molecule has 0 bridgehead atoms. The summed E-state index contributed by atoms with van der Waals surface area (Å²) in [5.74, 6) is 0.772. The van der Waals surface area contributed by atoms with Crippen LogP contribution in [0.4, 0.5) is 3.89 Å². The Balaban J connectivity index is 2.08. The maximum Gasteiger partial charge on any atom is 0.488 e. The van der Waals surface area contributed by atoms with Crippen LogP contribution in [0.25, 0.3) is 0 Å². The summed E-state index contributed by atoms with van der Waals surface area (Å²) in [5.41, 5.74) is 0.509. The van der Waals surface area contributed by atoms with Gasteiger partial charge in [0, 0.05) is 0 Å².